The van der Waals surface area contributed by atoms with E-state index in [1.165, 1.54) is 141 Å². The molecule has 548 valence electrons. The molecule has 0 heterocycles. The van der Waals surface area contributed by atoms with Gasteiger partial charge < -0.3 is 33.8 Å². The number of hydrogen-bond acceptors (Lipinski definition) is 15. The number of ether oxygens (including phenoxy) is 4. The van der Waals surface area contributed by atoms with E-state index in [9.17, 15) is 43.2 Å². The number of rotatable bonds is 71. The Balaban J connectivity index is 5.24. The molecule has 0 fully saturated rings. The summed E-state index contributed by atoms with van der Waals surface area (Å²) >= 11 is 0. The van der Waals surface area contributed by atoms with Crippen LogP contribution in [0.1, 0.15) is 356 Å². The summed E-state index contributed by atoms with van der Waals surface area (Å²) in [5, 5.41) is 10.6. The second kappa shape index (κ2) is 65.5. The zero-order valence-electron chi connectivity index (χ0n) is 60.0. The van der Waals surface area contributed by atoms with Gasteiger partial charge in [-0.3, -0.25) is 37.3 Å². The second-order valence-electron chi connectivity index (χ2n) is 27.0. The Kier molecular flexibility index (Phi) is 63.7. The number of phosphoric acid groups is 2. The minimum Gasteiger partial charge on any atom is -0.462 e. The highest BCUT2D eigenvalue weighted by Crippen LogP contribution is 2.45. The molecule has 0 aromatic heterocycles. The Hall–Kier alpha value is -2.46. The number of hydrogen-bond donors (Lipinski definition) is 3. The second-order valence-corrected chi connectivity index (χ2v) is 29.9. The molecule has 0 aliphatic heterocycles. The maximum Gasteiger partial charge on any atom is 0.472 e. The van der Waals surface area contributed by atoms with Gasteiger partial charge in [-0.05, 0) is 63.2 Å². The number of unbranched alkanes of at least 4 members (excludes halogenated alkanes) is 38. The minimum atomic E-state index is -4.96. The van der Waals surface area contributed by atoms with E-state index < -0.39 is 97.5 Å². The monoisotopic (exact) mass is 1360 g/mol. The summed E-state index contributed by atoms with van der Waals surface area (Å²) in [6, 6.07) is 0. The fourth-order valence-corrected chi connectivity index (χ4v) is 12.3. The lowest BCUT2D eigenvalue weighted by Gasteiger charge is -2.21. The third-order valence-corrected chi connectivity index (χ3v) is 18.5. The van der Waals surface area contributed by atoms with E-state index in [-0.39, 0.29) is 25.7 Å². The van der Waals surface area contributed by atoms with Gasteiger partial charge in [0.2, 0.25) is 0 Å². The first-order valence-electron chi connectivity index (χ1n) is 37.8. The molecule has 3 N–H and O–H groups in total. The standard InChI is InChI=1S/C74H140O17P2/c1-7-9-11-13-15-16-17-18-19-22-28-33-39-45-51-57-72(77)85-63-70(91-74(79)58-52-46-40-34-29-23-20-21-26-31-37-42-48-54-66(3)4)65-89-93(82,83)87-61-68(75)60-86-92(80,81)88-64-69(62-84-71(76)56-50-44-36-14-12-10-8-2)90-73(78)59-53-47-41-35-30-25-24-27-32-38-43-49-55-67(5)6/h16-19,66-70,75H,7-15,20-65H2,1-6H3,(H,80,81)(H,82,83)/b17-16-,19-18-/t68-,69+,70+/m0/s1. The molecule has 19 heteroatoms. The first-order chi connectivity index (χ1) is 44.9. The summed E-state index contributed by atoms with van der Waals surface area (Å²) in [6.45, 7) is 9.50. The van der Waals surface area contributed by atoms with Crippen molar-refractivity contribution in [3.8, 4) is 0 Å². The van der Waals surface area contributed by atoms with Crippen LogP contribution in [0.2, 0.25) is 0 Å². The first-order valence-corrected chi connectivity index (χ1v) is 40.8. The molecule has 0 rings (SSSR count). The fraction of sp³-hybridized carbons (Fsp3) is 0.892. The van der Waals surface area contributed by atoms with Crippen molar-refractivity contribution < 1.29 is 80.2 Å². The average molecular weight is 1360 g/mol. The van der Waals surface area contributed by atoms with Crippen molar-refractivity contribution in [2.75, 3.05) is 39.6 Å². The van der Waals surface area contributed by atoms with Gasteiger partial charge in [0, 0.05) is 25.7 Å². The van der Waals surface area contributed by atoms with Crippen molar-refractivity contribution >= 4 is 39.5 Å². The van der Waals surface area contributed by atoms with Crippen molar-refractivity contribution in [3.63, 3.8) is 0 Å². The van der Waals surface area contributed by atoms with Crippen LogP contribution < -0.4 is 0 Å². The van der Waals surface area contributed by atoms with Crippen LogP contribution in [0.4, 0.5) is 0 Å². The van der Waals surface area contributed by atoms with Crippen molar-refractivity contribution in [2.24, 2.45) is 11.8 Å². The molecule has 2 unspecified atom stereocenters. The van der Waals surface area contributed by atoms with E-state index in [1.54, 1.807) is 0 Å². The van der Waals surface area contributed by atoms with Crippen molar-refractivity contribution in [1.82, 2.24) is 0 Å². The molecule has 93 heavy (non-hydrogen) atoms. The van der Waals surface area contributed by atoms with Crippen LogP contribution in [-0.4, -0.2) is 96.7 Å². The number of esters is 4. The zero-order valence-corrected chi connectivity index (χ0v) is 61.8. The summed E-state index contributed by atoms with van der Waals surface area (Å²) in [4.78, 5) is 72.6. The number of aliphatic hydroxyl groups is 1. The number of carbonyl (C=O) groups is 4. The van der Waals surface area contributed by atoms with Crippen LogP contribution >= 0.6 is 15.6 Å². The largest absolute Gasteiger partial charge is 0.472 e. The summed E-state index contributed by atoms with van der Waals surface area (Å²) in [5.74, 6) is -0.593. The van der Waals surface area contributed by atoms with Crippen LogP contribution in [0.25, 0.3) is 0 Å². The highest BCUT2D eigenvalue weighted by Gasteiger charge is 2.30. The SMILES string of the molecule is CCCCCC/C=C\C=C/CCCCCCCC(=O)OC[C@H](COP(=O)(O)OC[C@@H](O)COP(=O)(O)OC[C@@H](COC(=O)CCCCCCCCC)OC(=O)CCCCCCCCCCCCCCC(C)C)OC(=O)CCCCCCCCCCCCCCCC(C)C. The average Bonchev–Trinajstić information content (AvgIpc) is 1.50. The van der Waals surface area contributed by atoms with Gasteiger partial charge >= 0.3 is 39.5 Å². The Morgan fingerprint density at radius 1 is 0.333 bits per heavy atom. The Bertz CT molecular complexity index is 1900. The molecule has 0 aromatic rings. The van der Waals surface area contributed by atoms with Gasteiger partial charge in [0.1, 0.15) is 19.3 Å². The van der Waals surface area contributed by atoms with Gasteiger partial charge in [-0.15, -0.1) is 0 Å². The molecule has 0 saturated heterocycles. The molecule has 0 aliphatic rings. The highest BCUT2D eigenvalue weighted by atomic mass is 31.2. The van der Waals surface area contributed by atoms with E-state index in [2.05, 4.69) is 65.8 Å². The van der Waals surface area contributed by atoms with Crippen LogP contribution in [0.3, 0.4) is 0 Å². The van der Waals surface area contributed by atoms with Crippen LogP contribution in [0.15, 0.2) is 24.3 Å². The van der Waals surface area contributed by atoms with Crippen molar-refractivity contribution in [2.45, 2.75) is 374 Å². The number of aliphatic hydroxyl groups excluding tert-OH is 1. The predicted molar refractivity (Wildman–Crippen MR) is 377 cm³/mol. The van der Waals surface area contributed by atoms with Gasteiger partial charge in [-0.1, -0.05) is 303 Å². The molecule has 0 aliphatic carbocycles. The lowest BCUT2D eigenvalue weighted by atomic mass is 10.0. The van der Waals surface area contributed by atoms with Crippen molar-refractivity contribution in [3.05, 3.63) is 24.3 Å². The molecule has 5 atom stereocenters. The van der Waals surface area contributed by atoms with Gasteiger partial charge in [-0.25, -0.2) is 9.13 Å². The zero-order chi connectivity index (χ0) is 68.6. The summed E-state index contributed by atoms with van der Waals surface area (Å²) in [7, 11) is -9.91. The van der Waals surface area contributed by atoms with E-state index in [1.807, 2.05) is 0 Å². The number of phosphoric ester groups is 2. The Morgan fingerprint density at radius 3 is 0.882 bits per heavy atom. The Labute approximate surface area is 567 Å². The molecule has 0 aromatic carbocycles. The third-order valence-electron chi connectivity index (χ3n) is 16.6. The molecule has 0 bridgehead atoms. The summed E-state index contributed by atoms with van der Waals surface area (Å²) in [5.41, 5.74) is 0. The topological polar surface area (TPSA) is 237 Å². The number of carbonyl (C=O) groups excluding carboxylic acids is 4. The molecule has 0 amide bonds. The summed E-state index contributed by atoms with van der Waals surface area (Å²) in [6.07, 6.45) is 55.0. The van der Waals surface area contributed by atoms with Crippen molar-refractivity contribution in [1.29, 1.82) is 0 Å². The lowest BCUT2D eigenvalue weighted by Crippen LogP contribution is -2.30. The van der Waals surface area contributed by atoms with Crippen LogP contribution in [-0.2, 0) is 65.4 Å². The highest BCUT2D eigenvalue weighted by molar-refractivity contribution is 7.47. The molecule has 0 saturated carbocycles. The quantitative estimate of drug-likeness (QED) is 0.0169. The number of allylic oxidation sites excluding steroid dienone is 4. The van der Waals surface area contributed by atoms with E-state index >= 15 is 0 Å². The molecular formula is C74H140O17P2. The van der Waals surface area contributed by atoms with E-state index in [0.29, 0.717) is 25.7 Å². The lowest BCUT2D eigenvalue weighted by molar-refractivity contribution is -0.161. The maximum atomic E-state index is 13.0. The van der Waals surface area contributed by atoms with E-state index in [0.717, 1.165) is 134 Å². The first kappa shape index (κ1) is 90.5. The van der Waals surface area contributed by atoms with Crippen LogP contribution in [0.5, 0.6) is 0 Å². The van der Waals surface area contributed by atoms with E-state index in [4.69, 9.17) is 37.0 Å². The third kappa shape index (κ3) is 67.9. The van der Waals surface area contributed by atoms with Gasteiger partial charge in [0.25, 0.3) is 0 Å². The minimum absolute atomic E-state index is 0.100. The van der Waals surface area contributed by atoms with Crippen LogP contribution in [0, 0.1) is 11.8 Å². The normalized spacial score (nSPS) is 14.2. The fourth-order valence-electron chi connectivity index (χ4n) is 10.8. The van der Waals surface area contributed by atoms with Gasteiger partial charge in [0.15, 0.2) is 12.2 Å². The smallest absolute Gasteiger partial charge is 0.462 e. The maximum absolute atomic E-state index is 13.0. The van der Waals surface area contributed by atoms with Gasteiger partial charge in [0.05, 0.1) is 26.4 Å². The predicted octanol–water partition coefficient (Wildman–Crippen LogP) is 21.1. The molecule has 0 spiro atoms. The Morgan fingerprint density at radius 2 is 0.581 bits per heavy atom. The summed E-state index contributed by atoms with van der Waals surface area (Å²) < 4.78 is 68.3. The molecular weight excluding hydrogens is 1220 g/mol. The van der Waals surface area contributed by atoms with Gasteiger partial charge in [-0.2, -0.15) is 0 Å². The molecule has 0 radical (unpaired) electrons. The molecule has 17 nitrogen and oxygen atoms in total.